The summed E-state index contributed by atoms with van der Waals surface area (Å²) in [5, 5.41) is 17.9. The molecule has 0 fully saturated rings. The van der Waals surface area contributed by atoms with Gasteiger partial charge in [-0.3, -0.25) is 14.4 Å². The summed E-state index contributed by atoms with van der Waals surface area (Å²) in [6.45, 7) is 3.63. The highest BCUT2D eigenvalue weighted by molar-refractivity contribution is 6.03. The Bertz CT molecular complexity index is 654. The van der Waals surface area contributed by atoms with Gasteiger partial charge in [0.25, 0.3) is 5.91 Å². The predicted molar refractivity (Wildman–Crippen MR) is 86.3 cm³/mol. The molecule has 130 valence electrons. The summed E-state index contributed by atoms with van der Waals surface area (Å²) in [7, 11) is 0. The Morgan fingerprint density at radius 1 is 1.29 bits per heavy atom. The Labute approximate surface area is 139 Å². The molecule has 1 aromatic carbocycles. The molecule has 0 saturated carbocycles. The van der Waals surface area contributed by atoms with Crippen LogP contribution in [-0.2, 0) is 9.59 Å². The number of nitrogens with zero attached hydrogens (tertiary/aromatic N) is 1. The van der Waals surface area contributed by atoms with Gasteiger partial charge < -0.3 is 19.8 Å². The summed E-state index contributed by atoms with van der Waals surface area (Å²) in [6, 6.07) is 4.69. The Balaban J connectivity index is 2.34. The third kappa shape index (κ3) is 3.73. The van der Waals surface area contributed by atoms with Crippen LogP contribution in [0.1, 0.15) is 37.0 Å². The van der Waals surface area contributed by atoms with Gasteiger partial charge in [-0.25, -0.2) is 0 Å². The Morgan fingerprint density at radius 2 is 2.00 bits per heavy atom. The molecule has 1 aliphatic heterocycles. The van der Waals surface area contributed by atoms with Crippen molar-refractivity contribution in [3.8, 4) is 5.75 Å². The number of hydrogen-bond donors (Lipinski definition) is 2. The van der Waals surface area contributed by atoms with Crippen LogP contribution in [0.25, 0.3) is 0 Å². The first-order valence-corrected chi connectivity index (χ1v) is 7.83. The van der Waals surface area contributed by atoms with Gasteiger partial charge in [0, 0.05) is 18.5 Å². The zero-order valence-corrected chi connectivity index (χ0v) is 13.7. The molecule has 1 aliphatic rings. The number of ketones is 1. The normalized spacial score (nSPS) is 16.8. The maximum atomic E-state index is 12.5. The number of benzene rings is 1. The number of anilines is 1. The lowest BCUT2D eigenvalue weighted by atomic mass is 10.0. The number of carboxylic acids is 1. The van der Waals surface area contributed by atoms with Gasteiger partial charge in [-0.05, 0) is 24.1 Å². The van der Waals surface area contributed by atoms with Crippen LogP contribution in [0.15, 0.2) is 18.2 Å². The molecule has 2 rings (SSSR count). The number of carboxylic acid groups (broad SMARTS) is 1. The smallest absolute Gasteiger partial charge is 0.303 e. The van der Waals surface area contributed by atoms with E-state index in [2.05, 4.69) is 0 Å². The van der Waals surface area contributed by atoms with Crippen LogP contribution in [-0.4, -0.2) is 47.1 Å². The minimum atomic E-state index is -1.04. The van der Waals surface area contributed by atoms with E-state index in [1.807, 2.05) is 13.8 Å². The van der Waals surface area contributed by atoms with E-state index in [1.165, 1.54) is 11.0 Å². The maximum absolute atomic E-state index is 12.5. The second-order valence-electron chi connectivity index (χ2n) is 6.00. The molecule has 0 radical (unpaired) electrons. The SMILES string of the molecule is CC(C)C1Oc2ccc(C(=O)CCC(=O)O)cc2N(CCO)C1=O. The summed E-state index contributed by atoms with van der Waals surface area (Å²) >= 11 is 0. The predicted octanol–water partition coefficient (Wildman–Crippen LogP) is 1.48. The van der Waals surface area contributed by atoms with Gasteiger partial charge in [-0.15, -0.1) is 0 Å². The molecule has 1 aromatic rings. The number of carbonyl (C=O) groups excluding carboxylic acids is 2. The number of aliphatic hydroxyl groups excluding tert-OH is 1. The van der Waals surface area contributed by atoms with E-state index in [1.54, 1.807) is 12.1 Å². The summed E-state index contributed by atoms with van der Waals surface area (Å²) in [6.07, 6.45) is -1.00. The first-order chi connectivity index (χ1) is 11.3. The highest BCUT2D eigenvalue weighted by Gasteiger charge is 2.36. The number of fused-ring (bicyclic) bond motifs is 1. The van der Waals surface area contributed by atoms with Crippen LogP contribution in [0.3, 0.4) is 0 Å². The maximum Gasteiger partial charge on any atom is 0.303 e. The van der Waals surface area contributed by atoms with Gasteiger partial charge in [0.1, 0.15) is 5.75 Å². The quantitative estimate of drug-likeness (QED) is 0.731. The van der Waals surface area contributed by atoms with Crippen molar-refractivity contribution < 1.29 is 29.3 Å². The van der Waals surface area contributed by atoms with Gasteiger partial charge in [0.15, 0.2) is 11.9 Å². The number of ether oxygens (including phenoxy) is 1. The first kappa shape index (κ1) is 17.9. The molecule has 1 unspecified atom stereocenters. The number of rotatable bonds is 7. The Kier molecular flexibility index (Phi) is 5.56. The second kappa shape index (κ2) is 7.44. The fourth-order valence-corrected chi connectivity index (χ4v) is 2.58. The molecule has 1 amide bonds. The fraction of sp³-hybridized carbons (Fsp3) is 0.471. The molecule has 0 saturated heterocycles. The number of amides is 1. The van der Waals surface area contributed by atoms with Crippen molar-refractivity contribution in [1.29, 1.82) is 0 Å². The highest BCUT2D eigenvalue weighted by atomic mass is 16.5. The van der Waals surface area contributed by atoms with Crippen molar-refractivity contribution in [2.45, 2.75) is 32.8 Å². The van der Waals surface area contributed by atoms with E-state index in [9.17, 15) is 19.5 Å². The molecule has 0 aromatic heterocycles. The van der Waals surface area contributed by atoms with E-state index in [4.69, 9.17) is 9.84 Å². The molecule has 7 heteroatoms. The van der Waals surface area contributed by atoms with Gasteiger partial charge in [-0.2, -0.15) is 0 Å². The molecular weight excluding hydrogens is 314 g/mol. The van der Waals surface area contributed by atoms with E-state index in [-0.39, 0.29) is 43.6 Å². The van der Waals surface area contributed by atoms with Crippen molar-refractivity contribution in [2.24, 2.45) is 5.92 Å². The first-order valence-electron chi connectivity index (χ1n) is 7.83. The van der Waals surface area contributed by atoms with Crippen LogP contribution >= 0.6 is 0 Å². The van der Waals surface area contributed by atoms with Gasteiger partial charge in [0.05, 0.1) is 18.7 Å². The largest absolute Gasteiger partial charge is 0.481 e. The number of Topliss-reactive ketones (excluding diaryl/α,β-unsaturated/α-hetero) is 1. The summed E-state index contributed by atoms with van der Waals surface area (Å²) in [4.78, 5) is 36.6. The Morgan fingerprint density at radius 3 is 2.58 bits per heavy atom. The monoisotopic (exact) mass is 335 g/mol. The average molecular weight is 335 g/mol. The highest BCUT2D eigenvalue weighted by Crippen LogP contribution is 2.36. The van der Waals surface area contributed by atoms with Gasteiger partial charge in [0.2, 0.25) is 0 Å². The molecule has 2 N–H and O–H groups in total. The number of aliphatic hydroxyl groups is 1. The van der Waals surface area contributed by atoms with Gasteiger partial charge in [-0.1, -0.05) is 13.8 Å². The third-order valence-corrected chi connectivity index (χ3v) is 3.83. The fourth-order valence-electron chi connectivity index (χ4n) is 2.58. The molecular formula is C17H21NO6. The summed E-state index contributed by atoms with van der Waals surface area (Å²) in [5.74, 6) is -1.19. The van der Waals surface area contributed by atoms with Gasteiger partial charge >= 0.3 is 5.97 Å². The van der Waals surface area contributed by atoms with Crippen molar-refractivity contribution >= 4 is 23.3 Å². The standard InChI is InChI=1S/C17H21NO6/c1-10(2)16-17(23)18(7-8-19)12-9-11(3-5-14(12)24-16)13(20)4-6-15(21)22/h3,5,9-10,16,19H,4,6-8H2,1-2H3,(H,21,22). The third-order valence-electron chi connectivity index (χ3n) is 3.83. The molecule has 7 nitrogen and oxygen atoms in total. The molecule has 0 aliphatic carbocycles. The lowest BCUT2D eigenvalue weighted by molar-refractivity contribution is -0.137. The Hall–Kier alpha value is -2.41. The summed E-state index contributed by atoms with van der Waals surface area (Å²) < 4.78 is 5.74. The van der Waals surface area contributed by atoms with E-state index in [0.29, 0.717) is 17.0 Å². The number of β-amino-alcohol motifs (C(OH)–C–C–N with tert-alkyl or cyclic N) is 1. The topological polar surface area (TPSA) is 104 Å². The van der Waals surface area contributed by atoms with E-state index in [0.717, 1.165) is 0 Å². The van der Waals surface area contributed by atoms with E-state index >= 15 is 0 Å². The number of aliphatic carboxylic acids is 1. The number of carbonyl (C=O) groups is 3. The van der Waals surface area contributed by atoms with Crippen molar-refractivity contribution in [3.05, 3.63) is 23.8 Å². The van der Waals surface area contributed by atoms with Crippen LogP contribution in [0.2, 0.25) is 0 Å². The van der Waals surface area contributed by atoms with E-state index < -0.39 is 12.1 Å². The number of hydrogen-bond acceptors (Lipinski definition) is 5. The summed E-state index contributed by atoms with van der Waals surface area (Å²) in [5.41, 5.74) is 0.740. The molecule has 1 atom stereocenters. The van der Waals surface area contributed by atoms with Crippen molar-refractivity contribution in [3.63, 3.8) is 0 Å². The average Bonchev–Trinajstić information content (AvgIpc) is 2.54. The minimum absolute atomic E-state index is 0.0382. The van der Waals surface area contributed by atoms with Crippen molar-refractivity contribution in [2.75, 3.05) is 18.1 Å². The van der Waals surface area contributed by atoms with Crippen LogP contribution in [0.5, 0.6) is 5.75 Å². The van der Waals surface area contributed by atoms with Crippen LogP contribution in [0.4, 0.5) is 5.69 Å². The minimum Gasteiger partial charge on any atom is -0.481 e. The lowest BCUT2D eigenvalue weighted by Gasteiger charge is -2.36. The van der Waals surface area contributed by atoms with Crippen LogP contribution < -0.4 is 9.64 Å². The lowest BCUT2D eigenvalue weighted by Crippen LogP contribution is -2.49. The van der Waals surface area contributed by atoms with Crippen molar-refractivity contribution in [1.82, 2.24) is 0 Å². The molecule has 0 spiro atoms. The molecule has 0 bridgehead atoms. The molecule has 24 heavy (non-hydrogen) atoms. The second-order valence-corrected chi connectivity index (χ2v) is 6.00. The van der Waals surface area contributed by atoms with Crippen LogP contribution in [0, 0.1) is 5.92 Å². The zero-order valence-electron chi connectivity index (χ0n) is 13.7. The zero-order chi connectivity index (χ0) is 17.9. The molecule has 1 heterocycles.